The molecule has 1 aromatic carbocycles. The van der Waals surface area contributed by atoms with E-state index in [9.17, 15) is 0 Å². The van der Waals surface area contributed by atoms with Gasteiger partial charge in [0.15, 0.2) is 0 Å². The molecule has 0 amide bonds. The first-order valence-corrected chi connectivity index (χ1v) is 5.89. The van der Waals surface area contributed by atoms with Gasteiger partial charge in [0, 0.05) is 16.3 Å². The summed E-state index contributed by atoms with van der Waals surface area (Å²) in [6.07, 6.45) is 0. The first-order valence-electron chi connectivity index (χ1n) is 5.07. The van der Waals surface area contributed by atoms with E-state index in [1.54, 1.807) is 0 Å². The van der Waals surface area contributed by atoms with E-state index >= 15 is 0 Å². The lowest BCUT2D eigenvalue weighted by Gasteiger charge is -2.05. The normalized spacial score (nSPS) is 10.6. The van der Waals surface area contributed by atoms with Gasteiger partial charge in [0.2, 0.25) is 0 Å². The van der Waals surface area contributed by atoms with Gasteiger partial charge < -0.3 is 5.73 Å². The second kappa shape index (κ2) is 4.17. The Balaban J connectivity index is 2.45. The van der Waals surface area contributed by atoms with Gasteiger partial charge in [-0.3, -0.25) is 0 Å². The van der Waals surface area contributed by atoms with Crippen molar-refractivity contribution in [2.75, 3.05) is 0 Å². The van der Waals surface area contributed by atoms with Crippen LogP contribution in [0.5, 0.6) is 0 Å². The number of aryl methyl sites for hydroxylation is 2. The Kier molecular flexibility index (Phi) is 2.89. The molecule has 1 nitrogen and oxygen atoms in total. The molecule has 2 rings (SSSR count). The van der Waals surface area contributed by atoms with E-state index in [0.717, 1.165) is 0 Å². The maximum Gasteiger partial charge on any atom is 0.0348 e. The Morgan fingerprint density at radius 2 is 1.93 bits per heavy atom. The van der Waals surface area contributed by atoms with Crippen LogP contribution in [0.15, 0.2) is 30.3 Å². The molecule has 0 radical (unpaired) electrons. The molecule has 0 aliphatic carbocycles. The number of hydrogen-bond donors (Lipinski definition) is 1. The third-order valence-corrected chi connectivity index (χ3v) is 3.57. The molecule has 1 aromatic heterocycles. The summed E-state index contributed by atoms with van der Waals surface area (Å²) >= 11 is 1.84. The highest BCUT2D eigenvalue weighted by Crippen LogP contribution is 2.30. The third kappa shape index (κ3) is 2.11. The van der Waals surface area contributed by atoms with Gasteiger partial charge in [-0.05, 0) is 42.7 Å². The van der Waals surface area contributed by atoms with E-state index in [1.165, 1.54) is 26.4 Å². The van der Waals surface area contributed by atoms with Crippen molar-refractivity contribution >= 4 is 11.3 Å². The molecule has 2 heteroatoms. The molecule has 2 N–H and O–H groups in total. The fourth-order valence-electron chi connectivity index (χ4n) is 1.71. The van der Waals surface area contributed by atoms with Crippen molar-refractivity contribution in [3.8, 4) is 10.4 Å². The monoisotopic (exact) mass is 217 g/mol. The van der Waals surface area contributed by atoms with Gasteiger partial charge in [0.1, 0.15) is 0 Å². The van der Waals surface area contributed by atoms with Gasteiger partial charge >= 0.3 is 0 Å². The van der Waals surface area contributed by atoms with E-state index in [-0.39, 0.29) is 0 Å². The highest BCUT2D eigenvalue weighted by Gasteiger charge is 2.04. The van der Waals surface area contributed by atoms with Gasteiger partial charge in [-0.25, -0.2) is 0 Å². The number of thiophene rings is 1. The van der Waals surface area contributed by atoms with Crippen molar-refractivity contribution in [3.63, 3.8) is 0 Å². The molecule has 1 heterocycles. The molecule has 0 unspecified atom stereocenters. The Morgan fingerprint density at radius 3 is 2.47 bits per heavy atom. The fraction of sp³-hybridized carbons (Fsp3) is 0.231. The molecular formula is C13H15NS. The van der Waals surface area contributed by atoms with E-state index in [1.807, 2.05) is 11.3 Å². The van der Waals surface area contributed by atoms with Crippen molar-refractivity contribution in [2.45, 2.75) is 20.4 Å². The molecule has 78 valence electrons. The standard InChI is InChI=1S/C13H15NS/c1-9-7-11(8-14)4-5-12(9)13-6-3-10(2)15-13/h3-7H,8,14H2,1-2H3. The van der Waals surface area contributed by atoms with Crippen LogP contribution in [-0.4, -0.2) is 0 Å². The average molecular weight is 217 g/mol. The maximum atomic E-state index is 5.61. The van der Waals surface area contributed by atoms with Crippen LogP contribution >= 0.6 is 11.3 Å². The van der Waals surface area contributed by atoms with Gasteiger partial charge in [-0.15, -0.1) is 11.3 Å². The third-order valence-electron chi connectivity index (χ3n) is 2.53. The largest absolute Gasteiger partial charge is 0.326 e. The Bertz CT molecular complexity index is 471. The molecule has 0 aliphatic rings. The maximum absolute atomic E-state index is 5.61. The van der Waals surface area contributed by atoms with Gasteiger partial charge in [-0.1, -0.05) is 18.2 Å². The van der Waals surface area contributed by atoms with Crippen LogP contribution in [0.1, 0.15) is 16.0 Å². The number of nitrogens with two attached hydrogens (primary N) is 1. The van der Waals surface area contributed by atoms with Crippen LogP contribution in [0.25, 0.3) is 10.4 Å². The summed E-state index contributed by atoms with van der Waals surface area (Å²) in [6, 6.07) is 10.8. The van der Waals surface area contributed by atoms with Crippen LogP contribution in [0.3, 0.4) is 0 Å². The van der Waals surface area contributed by atoms with Crippen LogP contribution in [-0.2, 0) is 6.54 Å². The predicted octanol–water partition coefficient (Wildman–Crippen LogP) is 3.49. The minimum atomic E-state index is 0.616. The lowest BCUT2D eigenvalue weighted by molar-refractivity contribution is 1.07. The van der Waals surface area contributed by atoms with Crippen molar-refractivity contribution < 1.29 is 0 Å². The smallest absolute Gasteiger partial charge is 0.0348 e. The molecule has 0 saturated heterocycles. The lowest BCUT2D eigenvalue weighted by Crippen LogP contribution is -1.96. The van der Waals surface area contributed by atoms with Crippen molar-refractivity contribution in [2.24, 2.45) is 5.73 Å². The predicted molar refractivity (Wildman–Crippen MR) is 67.1 cm³/mol. The zero-order chi connectivity index (χ0) is 10.8. The van der Waals surface area contributed by atoms with Gasteiger partial charge in [0.05, 0.1) is 0 Å². The van der Waals surface area contributed by atoms with E-state index < -0.39 is 0 Å². The quantitative estimate of drug-likeness (QED) is 0.818. The minimum absolute atomic E-state index is 0.616. The van der Waals surface area contributed by atoms with E-state index in [0.29, 0.717) is 6.54 Å². The minimum Gasteiger partial charge on any atom is -0.326 e. The fourth-order valence-corrected chi connectivity index (χ4v) is 2.67. The highest BCUT2D eigenvalue weighted by molar-refractivity contribution is 7.15. The number of hydrogen-bond acceptors (Lipinski definition) is 2. The topological polar surface area (TPSA) is 26.0 Å². The molecule has 0 aliphatic heterocycles. The summed E-state index contributed by atoms with van der Waals surface area (Å²) in [5, 5.41) is 0. The molecular weight excluding hydrogens is 202 g/mol. The summed E-state index contributed by atoms with van der Waals surface area (Å²) in [4.78, 5) is 2.70. The molecule has 0 spiro atoms. The molecule has 0 fully saturated rings. The molecule has 0 saturated carbocycles. The highest BCUT2D eigenvalue weighted by atomic mass is 32.1. The zero-order valence-corrected chi connectivity index (χ0v) is 9.90. The van der Waals surface area contributed by atoms with Gasteiger partial charge in [-0.2, -0.15) is 0 Å². The summed E-state index contributed by atoms with van der Waals surface area (Å²) in [7, 11) is 0. The van der Waals surface area contributed by atoms with Crippen LogP contribution in [0, 0.1) is 13.8 Å². The van der Waals surface area contributed by atoms with E-state index in [2.05, 4.69) is 44.2 Å². The van der Waals surface area contributed by atoms with Crippen LogP contribution in [0.2, 0.25) is 0 Å². The summed E-state index contributed by atoms with van der Waals surface area (Å²) < 4.78 is 0. The summed E-state index contributed by atoms with van der Waals surface area (Å²) in [5.74, 6) is 0. The molecule has 0 bridgehead atoms. The Labute approximate surface area is 94.6 Å². The van der Waals surface area contributed by atoms with E-state index in [4.69, 9.17) is 5.73 Å². The lowest BCUT2D eigenvalue weighted by atomic mass is 10.0. The number of benzene rings is 1. The zero-order valence-electron chi connectivity index (χ0n) is 9.08. The Morgan fingerprint density at radius 1 is 1.13 bits per heavy atom. The summed E-state index contributed by atoms with van der Waals surface area (Å²) in [6.45, 7) is 4.89. The van der Waals surface area contributed by atoms with Crippen molar-refractivity contribution in [1.82, 2.24) is 0 Å². The summed E-state index contributed by atoms with van der Waals surface area (Å²) in [5.41, 5.74) is 9.44. The first-order chi connectivity index (χ1) is 7.20. The van der Waals surface area contributed by atoms with Crippen molar-refractivity contribution in [3.05, 3.63) is 46.3 Å². The second-order valence-corrected chi connectivity index (χ2v) is 5.05. The van der Waals surface area contributed by atoms with Gasteiger partial charge in [0.25, 0.3) is 0 Å². The first kappa shape index (κ1) is 10.4. The SMILES string of the molecule is Cc1ccc(-c2ccc(CN)cc2C)s1. The van der Waals surface area contributed by atoms with Crippen LogP contribution < -0.4 is 5.73 Å². The Hall–Kier alpha value is -1.12. The molecule has 2 aromatic rings. The van der Waals surface area contributed by atoms with Crippen molar-refractivity contribution in [1.29, 1.82) is 0 Å². The second-order valence-electron chi connectivity index (χ2n) is 3.76. The average Bonchev–Trinajstić information content (AvgIpc) is 2.64. The molecule has 15 heavy (non-hydrogen) atoms. The van der Waals surface area contributed by atoms with Crippen LogP contribution in [0.4, 0.5) is 0 Å². The number of rotatable bonds is 2. The molecule has 0 atom stereocenters.